The van der Waals surface area contributed by atoms with Gasteiger partial charge in [0.25, 0.3) is 5.69 Å². The summed E-state index contributed by atoms with van der Waals surface area (Å²) in [5, 5.41) is 21.0. The Morgan fingerprint density at radius 2 is 1.92 bits per heavy atom. The van der Waals surface area contributed by atoms with Gasteiger partial charge in [-0.2, -0.15) is 5.10 Å². The minimum atomic E-state index is -4.06. The number of nitro groups is 1. The number of primary sulfonamides is 1. The number of nitrogens with one attached hydrogen (secondary N) is 1. The average Bonchev–Trinajstić information content (AvgIpc) is 2.51. The number of benzene rings is 2. The molecule has 25 heavy (non-hydrogen) atoms. The molecule has 0 aliphatic rings. The van der Waals surface area contributed by atoms with Crippen molar-refractivity contribution in [2.75, 3.05) is 5.43 Å². The molecule has 3 N–H and O–H groups in total. The maximum atomic E-state index is 11.3. The van der Waals surface area contributed by atoms with Gasteiger partial charge in [0.05, 0.1) is 20.6 Å². The molecule has 0 aromatic heterocycles. The third kappa shape index (κ3) is 4.67. The number of rotatable bonds is 5. The van der Waals surface area contributed by atoms with E-state index in [-0.39, 0.29) is 10.6 Å². The van der Waals surface area contributed by atoms with Crippen LogP contribution in [0.25, 0.3) is 0 Å². The lowest BCUT2D eigenvalue weighted by molar-refractivity contribution is -0.384. The molecule has 0 spiro atoms. The first-order chi connectivity index (χ1) is 11.6. The third-order valence-electron chi connectivity index (χ3n) is 3.16. The zero-order chi connectivity index (χ0) is 18.8. The van der Waals surface area contributed by atoms with Crippen LogP contribution in [0.2, 0.25) is 10.0 Å². The molecule has 8 nitrogen and oxygen atoms in total. The van der Waals surface area contributed by atoms with Crippen LogP contribution in [-0.4, -0.2) is 19.1 Å². The van der Waals surface area contributed by atoms with Crippen molar-refractivity contribution in [1.82, 2.24) is 0 Å². The summed E-state index contributed by atoms with van der Waals surface area (Å²) in [6.45, 7) is 1.65. The van der Waals surface area contributed by atoms with E-state index >= 15 is 0 Å². The van der Waals surface area contributed by atoms with Crippen molar-refractivity contribution in [3.63, 3.8) is 0 Å². The second kappa shape index (κ2) is 7.36. The first-order valence-electron chi connectivity index (χ1n) is 6.66. The summed E-state index contributed by atoms with van der Waals surface area (Å²) in [5.74, 6) is 0. The summed E-state index contributed by atoms with van der Waals surface area (Å²) >= 11 is 11.9. The largest absolute Gasteiger partial charge is 0.295 e. The van der Waals surface area contributed by atoms with Crippen molar-refractivity contribution in [3.8, 4) is 0 Å². The predicted octanol–water partition coefficient (Wildman–Crippen LogP) is 3.39. The summed E-state index contributed by atoms with van der Waals surface area (Å²) in [6, 6.07) is 8.04. The molecule has 2 rings (SSSR count). The number of sulfonamides is 1. The highest BCUT2D eigenvalue weighted by Gasteiger charge is 2.19. The van der Waals surface area contributed by atoms with E-state index in [2.05, 4.69) is 10.5 Å². The molecule has 0 heterocycles. The molecule has 132 valence electrons. The molecule has 0 fully saturated rings. The van der Waals surface area contributed by atoms with Crippen LogP contribution in [-0.2, 0) is 10.0 Å². The fraction of sp³-hybridized carbons (Fsp3) is 0.0714. The van der Waals surface area contributed by atoms with Crippen LogP contribution in [0.15, 0.2) is 46.4 Å². The van der Waals surface area contributed by atoms with Crippen LogP contribution in [0.3, 0.4) is 0 Å². The van der Waals surface area contributed by atoms with E-state index in [9.17, 15) is 18.5 Å². The molecule has 0 amide bonds. The number of hydrogen-bond donors (Lipinski definition) is 2. The molecule has 0 aliphatic carbocycles. The molecule has 2 aromatic carbocycles. The number of hydrogen-bond acceptors (Lipinski definition) is 6. The number of anilines is 1. The van der Waals surface area contributed by atoms with Gasteiger partial charge in [-0.15, -0.1) is 0 Å². The Bertz CT molecular complexity index is 977. The highest BCUT2D eigenvalue weighted by atomic mass is 35.5. The van der Waals surface area contributed by atoms with Crippen molar-refractivity contribution in [2.45, 2.75) is 11.8 Å². The maximum Gasteiger partial charge on any atom is 0.295 e. The SMILES string of the molecule is CC(=NNc1ccc(S(N)(=O)=O)cc1[N+](=O)[O-])c1ccc(Cl)cc1Cl. The highest BCUT2D eigenvalue weighted by molar-refractivity contribution is 7.89. The Labute approximate surface area is 153 Å². The fourth-order valence-electron chi connectivity index (χ4n) is 1.92. The molecule has 11 heteroatoms. The van der Waals surface area contributed by atoms with Gasteiger partial charge in [0.1, 0.15) is 5.69 Å². The van der Waals surface area contributed by atoms with Gasteiger partial charge in [0.15, 0.2) is 0 Å². The van der Waals surface area contributed by atoms with Crippen LogP contribution in [0, 0.1) is 10.1 Å². The van der Waals surface area contributed by atoms with Gasteiger partial charge in [-0.25, -0.2) is 13.6 Å². The Kier molecular flexibility index (Phi) is 5.63. The monoisotopic (exact) mass is 402 g/mol. The van der Waals surface area contributed by atoms with Crippen molar-refractivity contribution in [3.05, 3.63) is 62.1 Å². The van der Waals surface area contributed by atoms with Crippen LogP contribution in [0.1, 0.15) is 12.5 Å². The van der Waals surface area contributed by atoms with Crippen LogP contribution < -0.4 is 10.6 Å². The van der Waals surface area contributed by atoms with E-state index in [1.807, 2.05) is 0 Å². The molecule has 0 saturated carbocycles. The van der Waals surface area contributed by atoms with E-state index < -0.39 is 20.6 Å². The molecular weight excluding hydrogens is 391 g/mol. The van der Waals surface area contributed by atoms with Crippen LogP contribution in [0.5, 0.6) is 0 Å². The second-order valence-corrected chi connectivity index (χ2v) is 7.32. The molecule has 0 bridgehead atoms. The maximum absolute atomic E-state index is 11.3. The normalized spacial score (nSPS) is 12.1. The van der Waals surface area contributed by atoms with E-state index in [1.165, 1.54) is 6.07 Å². The molecule has 0 saturated heterocycles. The summed E-state index contributed by atoms with van der Waals surface area (Å²) < 4.78 is 22.6. The number of nitrogens with zero attached hydrogens (tertiary/aromatic N) is 2. The second-order valence-electron chi connectivity index (χ2n) is 4.91. The summed E-state index contributed by atoms with van der Waals surface area (Å²) in [6.07, 6.45) is 0. The zero-order valence-corrected chi connectivity index (χ0v) is 15.1. The highest BCUT2D eigenvalue weighted by Crippen LogP contribution is 2.28. The Balaban J connectivity index is 2.38. The van der Waals surface area contributed by atoms with Gasteiger partial charge in [-0.1, -0.05) is 29.3 Å². The Hall–Kier alpha value is -2.20. The zero-order valence-electron chi connectivity index (χ0n) is 12.7. The van der Waals surface area contributed by atoms with Crippen molar-refractivity contribution >= 4 is 50.3 Å². The molecular formula is C14H12Cl2N4O4S. The minimum Gasteiger partial charge on any atom is -0.271 e. The molecule has 2 aromatic rings. The van der Waals surface area contributed by atoms with Gasteiger partial charge >= 0.3 is 0 Å². The summed E-state index contributed by atoms with van der Waals surface area (Å²) in [7, 11) is -4.06. The van der Waals surface area contributed by atoms with Crippen molar-refractivity contribution in [1.29, 1.82) is 0 Å². The van der Waals surface area contributed by atoms with E-state index in [1.54, 1.807) is 25.1 Å². The van der Waals surface area contributed by atoms with Crippen LogP contribution >= 0.6 is 23.2 Å². The van der Waals surface area contributed by atoms with Crippen LogP contribution in [0.4, 0.5) is 11.4 Å². The Morgan fingerprint density at radius 3 is 2.48 bits per heavy atom. The van der Waals surface area contributed by atoms with Gasteiger partial charge in [0.2, 0.25) is 10.0 Å². The van der Waals surface area contributed by atoms with Gasteiger partial charge in [0, 0.05) is 16.7 Å². The lowest BCUT2D eigenvalue weighted by Crippen LogP contribution is -2.12. The van der Waals surface area contributed by atoms with E-state index in [4.69, 9.17) is 28.3 Å². The minimum absolute atomic E-state index is 0.00170. The topological polar surface area (TPSA) is 128 Å². The summed E-state index contributed by atoms with van der Waals surface area (Å²) in [5.41, 5.74) is 3.09. The average molecular weight is 403 g/mol. The van der Waals surface area contributed by atoms with Gasteiger partial charge in [-0.3, -0.25) is 15.5 Å². The van der Waals surface area contributed by atoms with Gasteiger partial charge < -0.3 is 0 Å². The number of nitro benzene ring substituents is 1. The quantitative estimate of drug-likeness (QED) is 0.449. The molecule has 0 unspecified atom stereocenters. The molecule has 0 radical (unpaired) electrons. The first kappa shape index (κ1) is 19.1. The van der Waals surface area contributed by atoms with Gasteiger partial charge in [-0.05, 0) is 31.2 Å². The van der Waals surface area contributed by atoms with E-state index in [0.29, 0.717) is 21.3 Å². The number of halogens is 2. The first-order valence-corrected chi connectivity index (χ1v) is 8.97. The fourth-order valence-corrected chi connectivity index (χ4v) is 3.00. The molecule has 0 aliphatic heterocycles. The Morgan fingerprint density at radius 1 is 1.24 bits per heavy atom. The van der Waals surface area contributed by atoms with Crippen molar-refractivity contribution < 1.29 is 13.3 Å². The van der Waals surface area contributed by atoms with Crippen molar-refractivity contribution in [2.24, 2.45) is 10.2 Å². The lowest BCUT2D eigenvalue weighted by atomic mass is 10.1. The standard InChI is InChI=1S/C14H12Cl2N4O4S/c1-8(11-4-2-9(15)6-12(11)16)18-19-13-5-3-10(25(17,23)24)7-14(13)20(21)22/h2-7,19H,1H3,(H2,17,23,24). The third-order valence-corrected chi connectivity index (χ3v) is 4.62. The number of nitrogens with two attached hydrogens (primary N) is 1. The summed E-state index contributed by atoms with van der Waals surface area (Å²) in [4.78, 5) is 10.0. The lowest BCUT2D eigenvalue weighted by Gasteiger charge is -2.07. The smallest absolute Gasteiger partial charge is 0.271 e. The predicted molar refractivity (Wildman–Crippen MR) is 96.8 cm³/mol. The number of hydrazone groups is 1. The van der Waals surface area contributed by atoms with E-state index in [0.717, 1.165) is 12.1 Å². The molecule has 0 atom stereocenters.